The van der Waals surface area contributed by atoms with E-state index in [0.29, 0.717) is 34.4 Å². The summed E-state index contributed by atoms with van der Waals surface area (Å²) >= 11 is 12.1. The number of ether oxygens (including phenoxy) is 1. The van der Waals surface area contributed by atoms with Crippen molar-refractivity contribution in [2.45, 2.75) is 6.42 Å². The topological polar surface area (TPSA) is 26.3 Å². The highest BCUT2D eigenvalue weighted by Gasteiger charge is 2.05. The second-order valence-corrected chi connectivity index (χ2v) is 4.80. The Bertz CT molecular complexity index is 545. The van der Waals surface area contributed by atoms with Gasteiger partial charge in [-0.3, -0.25) is 4.79 Å². The van der Waals surface area contributed by atoms with E-state index < -0.39 is 0 Å². The molecule has 19 heavy (non-hydrogen) atoms. The van der Waals surface area contributed by atoms with Gasteiger partial charge in [-0.15, -0.1) is 0 Å². The molecule has 0 spiro atoms. The first kappa shape index (κ1) is 13.9. The molecule has 2 aromatic carbocycles. The Morgan fingerprint density at radius 3 is 2.21 bits per heavy atom. The SMILES string of the molecule is O=Cc1ccc(OCCc2c(Cl)cccc2Cl)cc1. The third kappa shape index (κ3) is 3.72. The fraction of sp³-hybridized carbons (Fsp3) is 0.133. The third-order valence-electron chi connectivity index (χ3n) is 2.70. The molecule has 0 unspecified atom stereocenters. The summed E-state index contributed by atoms with van der Waals surface area (Å²) in [4.78, 5) is 10.5. The van der Waals surface area contributed by atoms with Crippen LogP contribution in [0.5, 0.6) is 5.75 Å². The van der Waals surface area contributed by atoms with Crippen molar-refractivity contribution < 1.29 is 9.53 Å². The van der Waals surface area contributed by atoms with Gasteiger partial charge in [-0.2, -0.15) is 0 Å². The van der Waals surface area contributed by atoms with Crippen molar-refractivity contribution in [1.29, 1.82) is 0 Å². The number of aldehydes is 1. The van der Waals surface area contributed by atoms with Gasteiger partial charge in [0.2, 0.25) is 0 Å². The molecule has 0 heterocycles. The summed E-state index contributed by atoms with van der Waals surface area (Å²) in [6.07, 6.45) is 1.43. The van der Waals surface area contributed by atoms with Crippen molar-refractivity contribution in [3.05, 3.63) is 63.6 Å². The molecule has 0 atom stereocenters. The summed E-state index contributed by atoms with van der Waals surface area (Å²) in [6.45, 7) is 0.476. The lowest BCUT2D eigenvalue weighted by atomic mass is 10.1. The van der Waals surface area contributed by atoms with E-state index in [-0.39, 0.29) is 0 Å². The van der Waals surface area contributed by atoms with Crippen LogP contribution >= 0.6 is 23.2 Å². The van der Waals surface area contributed by atoms with E-state index >= 15 is 0 Å². The highest BCUT2D eigenvalue weighted by Crippen LogP contribution is 2.24. The molecular formula is C15H12Cl2O2. The first-order chi connectivity index (χ1) is 9.20. The molecule has 0 saturated heterocycles. The van der Waals surface area contributed by atoms with Gasteiger partial charge in [0, 0.05) is 22.0 Å². The quantitative estimate of drug-likeness (QED) is 0.763. The highest BCUT2D eigenvalue weighted by atomic mass is 35.5. The van der Waals surface area contributed by atoms with Crippen LogP contribution in [0.3, 0.4) is 0 Å². The Hall–Kier alpha value is -1.51. The minimum atomic E-state index is 0.476. The molecule has 0 saturated carbocycles. The molecule has 0 N–H and O–H groups in total. The number of rotatable bonds is 5. The molecule has 0 aliphatic rings. The van der Waals surface area contributed by atoms with Crippen LogP contribution in [-0.2, 0) is 6.42 Å². The molecule has 0 bridgehead atoms. The van der Waals surface area contributed by atoms with Crippen LogP contribution in [0, 0.1) is 0 Å². The number of carbonyl (C=O) groups is 1. The van der Waals surface area contributed by atoms with Gasteiger partial charge in [0.25, 0.3) is 0 Å². The largest absolute Gasteiger partial charge is 0.493 e. The summed E-state index contributed by atoms with van der Waals surface area (Å²) in [7, 11) is 0. The van der Waals surface area contributed by atoms with Gasteiger partial charge < -0.3 is 4.74 Å². The molecule has 2 aromatic rings. The van der Waals surface area contributed by atoms with Crippen LogP contribution in [0.15, 0.2) is 42.5 Å². The number of carbonyl (C=O) groups excluding carboxylic acids is 1. The molecule has 0 amide bonds. The lowest BCUT2D eigenvalue weighted by Gasteiger charge is -2.09. The minimum absolute atomic E-state index is 0.476. The fourth-order valence-corrected chi connectivity index (χ4v) is 2.27. The zero-order valence-corrected chi connectivity index (χ0v) is 11.6. The maximum atomic E-state index is 10.5. The molecule has 0 aliphatic heterocycles. The zero-order valence-electron chi connectivity index (χ0n) is 10.1. The molecule has 0 fully saturated rings. The summed E-state index contributed by atoms with van der Waals surface area (Å²) < 4.78 is 5.59. The second kappa shape index (κ2) is 6.60. The van der Waals surface area contributed by atoms with Crippen LogP contribution in [0.25, 0.3) is 0 Å². The maximum absolute atomic E-state index is 10.5. The van der Waals surface area contributed by atoms with Crippen LogP contribution in [0.4, 0.5) is 0 Å². The van der Waals surface area contributed by atoms with Gasteiger partial charge in [-0.1, -0.05) is 29.3 Å². The van der Waals surface area contributed by atoms with E-state index in [2.05, 4.69) is 0 Å². The van der Waals surface area contributed by atoms with Crippen LogP contribution in [-0.4, -0.2) is 12.9 Å². The number of benzene rings is 2. The average molecular weight is 295 g/mol. The summed E-state index contributed by atoms with van der Waals surface area (Å²) in [5, 5.41) is 1.29. The smallest absolute Gasteiger partial charge is 0.150 e. The van der Waals surface area contributed by atoms with Crippen molar-refractivity contribution in [2.24, 2.45) is 0 Å². The lowest BCUT2D eigenvalue weighted by Crippen LogP contribution is -2.02. The molecule has 2 rings (SSSR count). The predicted octanol–water partition coefficient (Wildman–Crippen LogP) is 4.43. The molecule has 2 nitrogen and oxygen atoms in total. The molecule has 0 aliphatic carbocycles. The van der Waals surface area contributed by atoms with Crippen LogP contribution < -0.4 is 4.74 Å². The molecule has 0 radical (unpaired) electrons. The number of hydrogen-bond donors (Lipinski definition) is 0. The van der Waals surface area contributed by atoms with Gasteiger partial charge in [-0.05, 0) is 42.0 Å². The summed E-state index contributed by atoms with van der Waals surface area (Å²) in [5.41, 5.74) is 1.51. The van der Waals surface area contributed by atoms with Crippen molar-refractivity contribution in [2.75, 3.05) is 6.61 Å². The zero-order chi connectivity index (χ0) is 13.7. The Morgan fingerprint density at radius 1 is 1.00 bits per heavy atom. The monoisotopic (exact) mass is 294 g/mol. The summed E-state index contributed by atoms with van der Waals surface area (Å²) in [6, 6.07) is 12.4. The first-order valence-corrected chi connectivity index (χ1v) is 6.57. The molecule has 0 aromatic heterocycles. The average Bonchev–Trinajstić information content (AvgIpc) is 2.43. The molecular weight excluding hydrogens is 283 g/mol. The lowest BCUT2D eigenvalue weighted by molar-refractivity contribution is 0.112. The Morgan fingerprint density at radius 2 is 1.63 bits per heavy atom. The van der Waals surface area contributed by atoms with E-state index in [4.69, 9.17) is 27.9 Å². The minimum Gasteiger partial charge on any atom is -0.493 e. The third-order valence-corrected chi connectivity index (χ3v) is 3.41. The van der Waals surface area contributed by atoms with E-state index in [1.807, 2.05) is 18.2 Å². The molecule has 98 valence electrons. The van der Waals surface area contributed by atoms with Gasteiger partial charge in [0.1, 0.15) is 12.0 Å². The van der Waals surface area contributed by atoms with Crippen LogP contribution in [0.1, 0.15) is 15.9 Å². The van der Waals surface area contributed by atoms with Crippen molar-refractivity contribution in [1.82, 2.24) is 0 Å². The predicted molar refractivity (Wildman–Crippen MR) is 77.5 cm³/mol. The number of hydrogen-bond acceptors (Lipinski definition) is 2. The first-order valence-electron chi connectivity index (χ1n) is 5.81. The van der Waals surface area contributed by atoms with E-state index in [1.54, 1.807) is 24.3 Å². The Labute approximate surface area is 121 Å². The maximum Gasteiger partial charge on any atom is 0.150 e. The normalized spacial score (nSPS) is 10.2. The van der Waals surface area contributed by atoms with E-state index in [0.717, 1.165) is 11.8 Å². The van der Waals surface area contributed by atoms with Crippen molar-refractivity contribution in [3.8, 4) is 5.75 Å². The van der Waals surface area contributed by atoms with Gasteiger partial charge in [-0.25, -0.2) is 0 Å². The molecule has 4 heteroatoms. The van der Waals surface area contributed by atoms with Crippen molar-refractivity contribution in [3.63, 3.8) is 0 Å². The summed E-state index contributed by atoms with van der Waals surface area (Å²) in [5.74, 6) is 0.716. The van der Waals surface area contributed by atoms with E-state index in [9.17, 15) is 4.79 Å². The van der Waals surface area contributed by atoms with Crippen molar-refractivity contribution >= 4 is 29.5 Å². The standard InChI is InChI=1S/C15H12Cl2O2/c16-14-2-1-3-15(17)13(14)8-9-19-12-6-4-11(10-18)5-7-12/h1-7,10H,8-9H2. The Kier molecular flexibility index (Phi) is 4.83. The van der Waals surface area contributed by atoms with Crippen LogP contribution in [0.2, 0.25) is 10.0 Å². The number of halogens is 2. The highest BCUT2D eigenvalue weighted by molar-refractivity contribution is 6.35. The fourth-order valence-electron chi connectivity index (χ4n) is 1.68. The van der Waals surface area contributed by atoms with E-state index in [1.165, 1.54) is 0 Å². The van der Waals surface area contributed by atoms with Gasteiger partial charge in [0.15, 0.2) is 0 Å². The second-order valence-electron chi connectivity index (χ2n) is 3.99. The Balaban J connectivity index is 1.94. The van der Waals surface area contributed by atoms with Gasteiger partial charge >= 0.3 is 0 Å². The van der Waals surface area contributed by atoms with Gasteiger partial charge in [0.05, 0.1) is 6.61 Å².